The van der Waals surface area contributed by atoms with Gasteiger partial charge >= 0.3 is 5.97 Å². The number of aromatic nitrogens is 2. The van der Waals surface area contributed by atoms with Gasteiger partial charge in [-0.05, 0) is 75.1 Å². The molecule has 0 bridgehead atoms. The Bertz CT molecular complexity index is 1280. The molecule has 0 fully saturated rings. The third-order valence-corrected chi connectivity index (χ3v) is 7.46. The molecule has 0 aliphatic carbocycles. The molecule has 0 saturated carbocycles. The van der Waals surface area contributed by atoms with Crippen LogP contribution in [0.4, 0.5) is 11.4 Å². The summed E-state index contributed by atoms with van der Waals surface area (Å²) in [5.74, 6) is -1.12. The molecule has 3 rings (SSSR count). The molecule has 0 amide bonds. The minimum atomic E-state index is -3.84. The van der Waals surface area contributed by atoms with Crippen LogP contribution in [0, 0.1) is 13.8 Å². The molecule has 0 atom stereocenters. The summed E-state index contributed by atoms with van der Waals surface area (Å²) in [6.07, 6.45) is 1.53. The largest absolute Gasteiger partial charge is 0.478 e. The molecule has 2 N–H and O–H groups in total. The zero-order valence-electron chi connectivity index (χ0n) is 20.3. The summed E-state index contributed by atoms with van der Waals surface area (Å²) in [5, 5.41) is 14.3. The van der Waals surface area contributed by atoms with Gasteiger partial charge in [0.25, 0.3) is 10.0 Å². The van der Waals surface area contributed by atoms with Crippen LogP contribution in [-0.2, 0) is 29.4 Å². The highest BCUT2D eigenvalue weighted by molar-refractivity contribution is 7.92. The van der Waals surface area contributed by atoms with Crippen LogP contribution in [-0.4, -0.2) is 42.9 Å². The topological polar surface area (TPSA) is 105 Å². The number of hydrogen-bond acceptors (Lipinski definition) is 5. The summed E-state index contributed by atoms with van der Waals surface area (Å²) in [5.41, 5.74) is 5.02. The lowest BCUT2D eigenvalue weighted by Crippen LogP contribution is -2.23. The van der Waals surface area contributed by atoms with Gasteiger partial charge in [-0.25, -0.2) is 13.2 Å². The number of anilines is 2. The van der Waals surface area contributed by atoms with Gasteiger partial charge in [0.2, 0.25) is 0 Å². The zero-order valence-corrected chi connectivity index (χ0v) is 21.1. The van der Waals surface area contributed by atoms with Crippen molar-refractivity contribution in [1.29, 1.82) is 0 Å². The number of benzene rings is 2. The Kier molecular flexibility index (Phi) is 7.66. The van der Waals surface area contributed by atoms with Crippen molar-refractivity contribution in [2.45, 2.75) is 52.0 Å². The fourth-order valence-electron chi connectivity index (χ4n) is 4.03. The minimum Gasteiger partial charge on any atom is -0.478 e. The zero-order chi connectivity index (χ0) is 25.0. The maximum Gasteiger partial charge on any atom is 0.337 e. The van der Waals surface area contributed by atoms with E-state index in [1.165, 1.54) is 6.07 Å². The smallest absolute Gasteiger partial charge is 0.337 e. The van der Waals surface area contributed by atoms with E-state index in [-0.39, 0.29) is 16.1 Å². The lowest BCUT2D eigenvalue weighted by Gasteiger charge is -2.22. The van der Waals surface area contributed by atoms with Crippen molar-refractivity contribution in [3.63, 3.8) is 0 Å². The highest BCUT2D eigenvalue weighted by Gasteiger charge is 2.19. The highest BCUT2D eigenvalue weighted by Crippen LogP contribution is 2.26. The molecule has 0 spiro atoms. The van der Waals surface area contributed by atoms with Crippen molar-refractivity contribution in [2.24, 2.45) is 0 Å². The molecule has 1 aromatic heterocycles. The first-order valence-electron chi connectivity index (χ1n) is 11.3. The number of nitrogens with one attached hydrogen (secondary N) is 1. The number of likely N-dealkylation sites (N-methyl/N-ethyl adjacent to an activating group) is 1. The second-order valence-corrected chi connectivity index (χ2v) is 9.96. The molecular weight excluding hydrogens is 452 g/mol. The maximum absolute atomic E-state index is 12.8. The Morgan fingerprint density at radius 2 is 1.79 bits per heavy atom. The van der Waals surface area contributed by atoms with Crippen molar-refractivity contribution in [2.75, 3.05) is 23.2 Å². The minimum absolute atomic E-state index is 0.0294. The van der Waals surface area contributed by atoms with Crippen LogP contribution in [0.5, 0.6) is 0 Å². The monoisotopic (exact) mass is 484 g/mol. The summed E-state index contributed by atoms with van der Waals surface area (Å²) >= 11 is 0. The van der Waals surface area contributed by atoms with E-state index in [0.29, 0.717) is 12.2 Å². The number of carboxylic acids is 1. The molecular formula is C25H32N4O4S. The van der Waals surface area contributed by atoms with Crippen LogP contribution in [0.2, 0.25) is 0 Å². The number of aromatic carboxylic acids is 1. The van der Waals surface area contributed by atoms with E-state index in [2.05, 4.69) is 9.82 Å². The number of carboxylic acid groups (broad SMARTS) is 1. The van der Waals surface area contributed by atoms with Gasteiger partial charge in [0.15, 0.2) is 0 Å². The molecule has 0 aliphatic heterocycles. The van der Waals surface area contributed by atoms with Crippen LogP contribution in [0.3, 0.4) is 0 Å². The number of sulfonamides is 1. The van der Waals surface area contributed by atoms with E-state index in [4.69, 9.17) is 0 Å². The summed E-state index contributed by atoms with van der Waals surface area (Å²) in [7, 11) is -2.01. The van der Waals surface area contributed by atoms with Gasteiger partial charge in [0.1, 0.15) is 0 Å². The number of aryl methyl sites for hydroxylation is 3. The Hall–Kier alpha value is -3.33. The van der Waals surface area contributed by atoms with Gasteiger partial charge in [-0.1, -0.05) is 19.1 Å². The van der Waals surface area contributed by atoms with Crippen LogP contribution in [0.15, 0.2) is 47.4 Å². The van der Waals surface area contributed by atoms with Gasteiger partial charge in [-0.3, -0.25) is 9.40 Å². The predicted molar refractivity (Wildman–Crippen MR) is 134 cm³/mol. The number of rotatable bonds is 10. The quantitative estimate of drug-likeness (QED) is 0.446. The molecule has 1 heterocycles. The van der Waals surface area contributed by atoms with E-state index in [1.54, 1.807) is 36.4 Å². The number of nitrogens with zero attached hydrogens (tertiary/aromatic N) is 3. The number of hydrogen-bond donors (Lipinski definition) is 2. The van der Waals surface area contributed by atoms with Crippen molar-refractivity contribution in [3.05, 3.63) is 70.5 Å². The molecule has 34 heavy (non-hydrogen) atoms. The first-order valence-corrected chi connectivity index (χ1v) is 12.8. The Labute approximate surface area is 201 Å². The second kappa shape index (κ2) is 10.3. The third kappa shape index (κ3) is 5.41. The van der Waals surface area contributed by atoms with Crippen LogP contribution in [0.1, 0.15) is 46.7 Å². The Morgan fingerprint density at radius 3 is 2.35 bits per heavy atom. The van der Waals surface area contributed by atoms with Crippen molar-refractivity contribution < 1.29 is 18.3 Å². The molecule has 8 nitrogen and oxygen atoms in total. The van der Waals surface area contributed by atoms with E-state index in [9.17, 15) is 18.3 Å². The van der Waals surface area contributed by atoms with Crippen LogP contribution >= 0.6 is 0 Å². The molecule has 3 aromatic rings. The van der Waals surface area contributed by atoms with E-state index in [1.807, 2.05) is 44.3 Å². The summed E-state index contributed by atoms with van der Waals surface area (Å²) in [6, 6.07) is 11.2. The molecule has 0 saturated heterocycles. The lowest BCUT2D eigenvalue weighted by atomic mass is 10.1. The molecule has 2 aromatic carbocycles. The van der Waals surface area contributed by atoms with Crippen molar-refractivity contribution >= 4 is 27.4 Å². The van der Waals surface area contributed by atoms with Crippen LogP contribution < -0.4 is 9.62 Å². The molecule has 0 aliphatic rings. The fraction of sp³-hybridized carbons (Fsp3) is 0.360. The van der Waals surface area contributed by atoms with Gasteiger partial charge < -0.3 is 10.0 Å². The normalized spacial score (nSPS) is 11.4. The lowest BCUT2D eigenvalue weighted by molar-refractivity contribution is 0.0697. The SMILES string of the molecule is CCc1ccc(S(=O)(=O)Nc2ccc(N(C)CCc3c(C)nn(CC)c3C)c(C(=O)O)c2)cc1. The molecule has 0 radical (unpaired) electrons. The standard InChI is InChI=1S/C25H32N4O4S/c1-6-19-8-11-21(12-9-19)34(32,33)27-20-10-13-24(23(16-20)25(30)31)28(5)15-14-22-17(3)26-29(7-2)18(22)4/h8-13,16,27H,6-7,14-15H2,1-5H3,(H,30,31). The predicted octanol–water partition coefficient (Wildman–Crippen LogP) is 4.26. The Morgan fingerprint density at radius 1 is 1.12 bits per heavy atom. The second-order valence-electron chi connectivity index (χ2n) is 8.28. The van der Waals surface area contributed by atoms with Crippen LogP contribution in [0.25, 0.3) is 0 Å². The van der Waals surface area contributed by atoms with Crippen molar-refractivity contribution in [3.8, 4) is 0 Å². The first kappa shape index (κ1) is 25.3. The van der Waals surface area contributed by atoms with Gasteiger partial charge in [-0.15, -0.1) is 0 Å². The average Bonchev–Trinajstić information content (AvgIpc) is 3.09. The van der Waals surface area contributed by atoms with Gasteiger partial charge in [-0.2, -0.15) is 5.10 Å². The summed E-state index contributed by atoms with van der Waals surface area (Å²) in [6.45, 7) is 9.45. The van der Waals surface area contributed by atoms with E-state index in [0.717, 1.165) is 41.9 Å². The van der Waals surface area contributed by atoms with Crippen molar-refractivity contribution in [1.82, 2.24) is 9.78 Å². The van der Waals surface area contributed by atoms with Gasteiger partial charge in [0, 0.05) is 31.5 Å². The fourth-order valence-corrected chi connectivity index (χ4v) is 5.08. The summed E-state index contributed by atoms with van der Waals surface area (Å²) < 4.78 is 30.0. The average molecular weight is 485 g/mol. The molecule has 0 unspecified atom stereocenters. The number of carbonyl (C=O) groups is 1. The third-order valence-electron chi connectivity index (χ3n) is 6.06. The Balaban J connectivity index is 1.81. The van der Waals surface area contributed by atoms with E-state index >= 15 is 0 Å². The molecule has 182 valence electrons. The maximum atomic E-state index is 12.8. The molecule has 9 heteroatoms. The van der Waals surface area contributed by atoms with E-state index < -0.39 is 16.0 Å². The highest BCUT2D eigenvalue weighted by atomic mass is 32.2. The van der Waals surface area contributed by atoms with Gasteiger partial charge in [0.05, 0.1) is 21.8 Å². The first-order chi connectivity index (χ1) is 16.1. The summed E-state index contributed by atoms with van der Waals surface area (Å²) in [4.78, 5) is 14.0.